The quantitative estimate of drug-likeness (QED) is 0.156. The molecule has 0 aliphatic heterocycles. The van der Waals surface area contributed by atoms with Gasteiger partial charge in [-0.1, -0.05) is 133 Å². The first-order valence-electron chi connectivity index (χ1n) is 18.1. The molecule has 0 N–H and O–H groups in total. The van der Waals surface area contributed by atoms with Crippen LogP contribution in [0.5, 0.6) is 0 Å². The van der Waals surface area contributed by atoms with Crippen LogP contribution in [0.3, 0.4) is 0 Å². The highest BCUT2D eigenvalue weighted by Crippen LogP contribution is 2.39. The number of hydrogen-bond donors (Lipinski definition) is 0. The summed E-state index contributed by atoms with van der Waals surface area (Å²) in [6, 6.07) is 68.5. The Balaban J connectivity index is 1.01. The molecule has 8 aromatic carbocycles. The Morgan fingerprint density at radius 3 is 1.48 bits per heavy atom. The molecule has 0 aliphatic rings. The summed E-state index contributed by atoms with van der Waals surface area (Å²) < 4.78 is 6.38. The molecule has 0 atom stereocenters. The molecular formula is C50H33N3O. The summed E-state index contributed by atoms with van der Waals surface area (Å²) in [6.45, 7) is 0. The second-order valence-electron chi connectivity index (χ2n) is 13.5. The summed E-state index contributed by atoms with van der Waals surface area (Å²) in [5, 5.41) is 4.45. The molecule has 0 spiro atoms. The number of benzene rings is 8. The van der Waals surface area contributed by atoms with Crippen LogP contribution >= 0.6 is 0 Å². The Morgan fingerprint density at radius 2 is 0.907 bits per heavy atom. The first-order valence-corrected chi connectivity index (χ1v) is 18.1. The predicted octanol–water partition coefficient (Wildman–Crippen LogP) is 13.7. The molecule has 0 radical (unpaired) electrons. The van der Waals surface area contributed by atoms with E-state index in [2.05, 4.69) is 180 Å². The Kier molecular flexibility index (Phi) is 7.77. The van der Waals surface area contributed by atoms with Crippen molar-refractivity contribution in [2.24, 2.45) is 0 Å². The average molecular weight is 692 g/mol. The zero-order valence-corrected chi connectivity index (χ0v) is 29.3. The number of rotatable bonds is 7. The number of hydrogen-bond acceptors (Lipinski definition) is 4. The van der Waals surface area contributed by atoms with Gasteiger partial charge in [0.2, 0.25) is 5.89 Å². The Morgan fingerprint density at radius 1 is 0.407 bits per heavy atom. The Hall–Kier alpha value is -7.30. The molecule has 0 bridgehead atoms. The van der Waals surface area contributed by atoms with Crippen molar-refractivity contribution in [1.29, 1.82) is 0 Å². The molecule has 0 aliphatic carbocycles. The largest absolute Gasteiger partial charge is 0.434 e. The van der Waals surface area contributed by atoms with Crippen molar-refractivity contribution in [1.82, 2.24) is 9.97 Å². The van der Waals surface area contributed by atoms with Crippen LogP contribution in [-0.4, -0.2) is 9.97 Å². The van der Waals surface area contributed by atoms with Gasteiger partial charge in [0, 0.05) is 28.6 Å². The summed E-state index contributed by atoms with van der Waals surface area (Å²) in [5.74, 6) is 0.528. The molecule has 0 saturated heterocycles. The van der Waals surface area contributed by atoms with Crippen LogP contribution in [0.2, 0.25) is 0 Å². The monoisotopic (exact) mass is 691 g/mol. The number of nitrogens with zero attached hydrogens (tertiary/aromatic N) is 3. The number of fused-ring (bicyclic) bond motifs is 5. The SMILES string of the molecule is c1ccc(-c2ccc(N(c3ccc(-c4ccccc4)cc3)c3ccc(-c4ccc5c(ccc6ccc7nc(-c8ccccn8)oc7c65)c4)cc3)cc2)cc1. The second-order valence-corrected chi connectivity index (χ2v) is 13.5. The van der Waals surface area contributed by atoms with Crippen molar-refractivity contribution >= 4 is 49.7 Å². The molecule has 254 valence electrons. The zero-order chi connectivity index (χ0) is 35.8. The van der Waals surface area contributed by atoms with Crippen LogP contribution in [0.15, 0.2) is 205 Å². The van der Waals surface area contributed by atoms with E-state index in [9.17, 15) is 0 Å². The fourth-order valence-corrected chi connectivity index (χ4v) is 7.43. The minimum absolute atomic E-state index is 0.528. The third-order valence-corrected chi connectivity index (χ3v) is 10.2. The van der Waals surface area contributed by atoms with Crippen molar-refractivity contribution in [3.05, 3.63) is 200 Å². The van der Waals surface area contributed by atoms with Crippen molar-refractivity contribution < 1.29 is 4.42 Å². The van der Waals surface area contributed by atoms with E-state index in [4.69, 9.17) is 9.40 Å². The van der Waals surface area contributed by atoms with Gasteiger partial charge in [-0.15, -0.1) is 0 Å². The summed E-state index contributed by atoms with van der Waals surface area (Å²) in [4.78, 5) is 11.5. The lowest BCUT2D eigenvalue weighted by atomic mass is 9.97. The highest BCUT2D eigenvalue weighted by molar-refractivity contribution is 6.18. The van der Waals surface area contributed by atoms with Gasteiger partial charge in [0.1, 0.15) is 11.2 Å². The summed E-state index contributed by atoms with van der Waals surface area (Å²) in [5.41, 5.74) is 12.7. The summed E-state index contributed by atoms with van der Waals surface area (Å²) in [6.07, 6.45) is 1.76. The molecule has 0 amide bonds. The third kappa shape index (κ3) is 5.76. The molecule has 0 unspecified atom stereocenters. The van der Waals surface area contributed by atoms with E-state index in [-0.39, 0.29) is 0 Å². The standard InChI is InChI=1S/C50H33N3O/c1-3-9-34(10-4-1)36-16-24-42(25-17-36)53(43-26-18-37(19-27-43)35-11-5-2-6-12-35)44-28-20-38(21-29-44)40-22-30-45-41(33-40)15-14-39-23-31-46-49(48(39)45)54-50(52-46)47-13-7-8-32-51-47/h1-33H. The molecule has 10 aromatic rings. The van der Waals surface area contributed by atoms with Gasteiger partial charge in [0.05, 0.1) is 0 Å². The molecule has 2 heterocycles. The topological polar surface area (TPSA) is 42.2 Å². The van der Waals surface area contributed by atoms with Gasteiger partial charge in [-0.3, -0.25) is 4.98 Å². The number of oxazole rings is 1. The molecular weight excluding hydrogens is 659 g/mol. The fraction of sp³-hybridized carbons (Fsp3) is 0. The second kappa shape index (κ2) is 13.4. The van der Waals surface area contributed by atoms with Crippen LogP contribution in [0.1, 0.15) is 0 Å². The summed E-state index contributed by atoms with van der Waals surface area (Å²) >= 11 is 0. The lowest BCUT2D eigenvalue weighted by Crippen LogP contribution is -2.09. The molecule has 2 aromatic heterocycles. The van der Waals surface area contributed by atoms with Gasteiger partial charge in [-0.05, 0) is 110 Å². The van der Waals surface area contributed by atoms with Crippen LogP contribution < -0.4 is 4.90 Å². The molecule has 4 heteroatoms. The third-order valence-electron chi connectivity index (χ3n) is 10.2. The van der Waals surface area contributed by atoms with Crippen molar-refractivity contribution in [2.45, 2.75) is 0 Å². The number of anilines is 3. The number of aromatic nitrogens is 2. The van der Waals surface area contributed by atoms with Gasteiger partial charge in [0.15, 0.2) is 5.58 Å². The van der Waals surface area contributed by atoms with Gasteiger partial charge < -0.3 is 9.32 Å². The normalized spacial score (nSPS) is 11.3. The van der Waals surface area contributed by atoms with E-state index in [1.54, 1.807) is 6.20 Å². The molecule has 0 saturated carbocycles. The van der Waals surface area contributed by atoms with E-state index >= 15 is 0 Å². The minimum Gasteiger partial charge on any atom is -0.434 e. The van der Waals surface area contributed by atoms with Gasteiger partial charge in [0.25, 0.3) is 0 Å². The fourth-order valence-electron chi connectivity index (χ4n) is 7.43. The van der Waals surface area contributed by atoms with Crippen molar-refractivity contribution in [3.63, 3.8) is 0 Å². The molecule has 4 nitrogen and oxygen atoms in total. The van der Waals surface area contributed by atoms with E-state index < -0.39 is 0 Å². The van der Waals surface area contributed by atoms with E-state index in [0.717, 1.165) is 66.5 Å². The highest BCUT2D eigenvalue weighted by atomic mass is 16.3. The highest BCUT2D eigenvalue weighted by Gasteiger charge is 2.16. The lowest BCUT2D eigenvalue weighted by molar-refractivity contribution is 0.620. The van der Waals surface area contributed by atoms with Crippen molar-refractivity contribution in [3.8, 4) is 45.0 Å². The molecule has 54 heavy (non-hydrogen) atoms. The van der Waals surface area contributed by atoms with Crippen LogP contribution in [0.25, 0.3) is 77.6 Å². The Labute approximate surface area is 313 Å². The van der Waals surface area contributed by atoms with Crippen LogP contribution in [0.4, 0.5) is 17.1 Å². The maximum atomic E-state index is 6.38. The summed E-state index contributed by atoms with van der Waals surface area (Å²) in [7, 11) is 0. The van der Waals surface area contributed by atoms with Crippen LogP contribution in [0, 0.1) is 0 Å². The smallest absolute Gasteiger partial charge is 0.246 e. The Bertz CT molecular complexity index is 2800. The molecule has 0 fully saturated rings. The zero-order valence-electron chi connectivity index (χ0n) is 29.3. The van der Waals surface area contributed by atoms with E-state index in [1.807, 2.05) is 24.3 Å². The first-order chi connectivity index (χ1) is 26.7. The predicted molar refractivity (Wildman–Crippen MR) is 223 cm³/mol. The van der Waals surface area contributed by atoms with E-state index in [0.29, 0.717) is 5.89 Å². The number of pyridine rings is 1. The average Bonchev–Trinajstić information content (AvgIpc) is 3.70. The minimum atomic E-state index is 0.528. The first kappa shape index (κ1) is 31.4. The van der Waals surface area contributed by atoms with Gasteiger partial charge in [-0.25, -0.2) is 4.98 Å². The van der Waals surface area contributed by atoms with Gasteiger partial charge in [-0.2, -0.15) is 0 Å². The van der Waals surface area contributed by atoms with E-state index in [1.165, 1.54) is 22.3 Å². The lowest BCUT2D eigenvalue weighted by Gasteiger charge is -2.26. The maximum absolute atomic E-state index is 6.38. The van der Waals surface area contributed by atoms with Crippen molar-refractivity contribution in [2.75, 3.05) is 4.90 Å². The maximum Gasteiger partial charge on any atom is 0.246 e. The van der Waals surface area contributed by atoms with Gasteiger partial charge >= 0.3 is 0 Å². The molecule has 10 rings (SSSR count). The van der Waals surface area contributed by atoms with Crippen LogP contribution in [-0.2, 0) is 0 Å².